The van der Waals surface area contributed by atoms with E-state index < -0.39 is 0 Å². The van der Waals surface area contributed by atoms with Gasteiger partial charge in [-0.25, -0.2) is 0 Å². The second-order valence-corrected chi connectivity index (χ2v) is 6.97. The molecule has 0 aromatic carbocycles. The van der Waals surface area contributed by atoms with E-state index in [1.165, 1.54) is 32.7 Å². The van der Waals surface area contributed by atoms with E-state index in [0.717, 1.165) is 18.9 Å². The lowest BCUT2D eigenvalue weighted by molar-refractivity contribution is 0.116. The van der Waals surface area contributed by atoms with Crippen LogP contribution in [0.25, 0.3) is 0 Å². The van der Waals surface area contributed by atoms with Gasteiger partial charge in [0.15, 0.2) is 0 Å². The Bertz CT molecular complexity index is 268. The monoisotopic (exact) mass is 271 g/mol. The molecule has 1 aliphatic heterocycles. The molecule has 106 valence electrons. The fraction of sp³-hybridized carbons (Fsp3) is 0.929. The van der Waals surface area contributed by atoms with Gasteiger partial charge < -0.3 is 15.5 Å². The van der Waals surface area contributed by atoms with Crippen LogP contribution >= 0.6 is 12.2 Å². The number of rotatable bonds is 6. The summed E-state index contributed by atoms with van der Waals surface area (Å²) in [6, 6.07) is 0. The van der Waals surface area contributed by atoms with Crippen LogP contribution in [0.2, 0.25) is 0 Å². The zero-order valence-electron chi connectivity index (χ0n) is 12.4. The standard InChI is InChI=1S/C14H29N3S/c1-12(2)11-17-9-7-16(8-10-17)6-5-14(3,4)13(15)18/h12H,5-11H2,1-4H3,(H2,15,18). The maximum absolute atomic E-state index is 5.77. The van der Waals surface area contributed by atoms with Gasteiger partial charge in [-0.2, -0.15) is 0 Å². The molecule has 4 heteroatoms. The SMILES string of the molecule is CC(C)CN1CCN(CCC(C)(C)C(N)=S)CC1. The van der Waals surface area contributed by atoms with E-state index >= 15 is 0 Å². The lowest BCUT2D eigenvalue weighted by Crippen LogP contribution is -2.48. The first kappa shape index (κ1) is 15.9. The normalized spacial score (nSPS) is 19.4. The molecule has 3 nitrogen and oxygen atoms in total. The van der Waals surface area contributed by atoms with Gasteiger partial charge in [-0.15, -0.1) is 0 Å². The van der Waals surface area contributed by atoms with Crippen molar-refractivity contribution in [3.63, 3.8) is 0 Å². The van der Waals surface area contributed by atoms with E-state index in [4.69, 9.17) is 18.0 Å². The average molecular weight is 271 g/mol. The summed E-state index contributed by atoms with van der Waals surface area (Å²) in [7, 11) is 0. The van der Waals surface area contributed by atoms with Crippen molar-refractivity contribution in [3.8, 4) is 0 Å². The zero-order chi connectivity index (χ0) is 13.8. The summed E-state index contributed by atoms with van der Waals surface area (Å²) in [5.74, 6) is 0.769. The van der Waals surface area contributed by atoms with Crippen molar-refractivity contribution in [2.75, 3.05) is 39.3 Å². The van der Waals surface area contributed by atoms with Gasteiger partial charge in [-0.3, -0.25) is 0 Å². The van der Waals surface area contributed by atoms with Crippen LogP contribution in [0.15, 0.2) is 0 Å². The zero-order valence-corrected chi connectivity index (χ0v) is 13.2. The first-order chi connectivity index (χ1) is 8.31. The van der Waals surface area contributed by atoms with Crippen LogP contribution in [0.1, 0.15) is 34.1 Å². The summed E-state index contributed by atoms with van der Waals surface area (Å²) in [5, 5.41) is 0. The Morgan fingerprint density at radius 3 is 2.11 bits per heavy atom. The second-order valence-electron chi connectivity index (χ2n) is 6.53. The van der Waals surface area contributed by atoms with Crippen molar-refractivity contribution in [3.05, 3.63) is 0 Å². The van der Waals surface area contributed by atoms with E-state index in [2.05, 4.69) is 37.5 Å². The molecule has 0 aromatic rings. The van der Waals surface area contributed by atoms with Crippen LogP contribution in [0, 0.1) is 11.3 Å². The number of thiocarbonyl (C=S) groups is 1. The van der Waals surface area contributed by atoms with Gasteiger partial charge >= 0.3 is 0 Å². The molecule has 0 spiro atoms. The van der Waals surface area contributed by atoms with E-state index in [9.17, 15) is 0 Å². The van der Waals surface area contributed by atoms with Crippen LogP contribution in [-0.2, 0) is 0 Å². The summed E-state index contributed by atoms with van der Waals surface area (Å²) >= 11 is 5.12. The fourth-order valence-corrected chi connectivity index (χ4v) is 2.37. The fourth-order valence-electron chi connectivity index (χ4n) is 2.27. The quantitative estimate of drug-likeness (QED) is 0.749. The number of piperazine rings is 1. The Morgan fingerprint density at radius 2 is 1.67 bits per heavy atom. The molecule has 1 fully saturated rings. The highest BCUT2D eigenvalue weighted by Gasteiger charge is 2.24. The molecule has 1 saturated heterocycles. The molecule has 1 rings (SSSR count). The number of nitrogens with zero attached hydrogens (tertiary/aromatic N) is 2. The lowest BCUT2D eigenvalue weighted by atomic mass is 9.89. The first-order valence-corrected chi connectivity index (χ1v) is 7.46. The largest absolute Gasteiger partial charge is 0.393 e. The predicted molar refractivity (Wildman–Crippen MR) is 82.9 cm³/mol. The topological polar surface area (TPSA) is 32.5 Å². The van der Waals surface area contributed by atoms with Crippen molar-refractivity contribution in [1.29, 1.82) is 0 Å². The molecule has 0 bridgehead atoms. The lowest BCUT2D eigenvalue weighted by Gasteiger charge is -2.37. The van der Waals surface area contributed by atoms with Crippen molar-refractivity contribution in [1.82, 2.24) is 9.80 Å². The summed E-state index contributed by atoms with van der Waals surface area (Å²) in [6.07, 6.45) is 1.06. The van der Waals surface area contributed by atoms with Gasteiger partial charge in [0.2, 0.25) is 0 Å². The molecule has 0 saturated carbocycles. The van der Waals surface area contributed by atoms with Gasteiger partial charge in [-0.05, 0) is 18.9 Å². The third-order valence-electron chi connectivity index (χ3n) is 3.81. The Labute approximate surface area is 118 Å². The molecule has 1 heterocycles. The molecule has 0 aliphatic carbocycles. The van der Waals surface area contributed by atoms with E-state index in [0.29, 0.717) is 4.99 Å². The van der Waals surface area contributed by atoms with Crippen LogP contribution in [0.3, 0.4) is 0 Å². The molecule has 0 atom stereocenters. The molecule has 0 aromatic heterocycles. The summed E-state index contributed by atoms with van der Waals surface area (Å²) in [6.45, 7) is 16.0. The Hall–Kier alpha value is -0.190. The average Bonchev–Trinajstić information content (AvgIpc) is 2.27. The van der Waals surface area contributed by atoms with E-state index in [1.54, 1.807) is 0 Å². The summed E-state index contributed by atoms with van der Waals surface area (Å²) in [5.41, 5.74) is 5.76. The van der Waals surface area contributed by atoms with Gasteiger partial charge in [-0.1, -0.05) is 39.9 Å². The summed E-state index contributed by atoms with van der Waals surface area (Å²) in [4.78, 5) is 5.75. The molecule has 0 radical (unpaired) electrons. The van der Waals surface area contributed by atoms with Gasteiger partial charge in [0, 0.05) is 38.1 Å². The minimum Gasteiger partial charge on any atom is -0.393 e. The third-order valence-corrected chi connectivity index (χ3v) is 4.36. The molecular weight excluding hydrogens is 242 g/mol. The molecule has 0 unspecified atom stereocenters. The maximum atomic E-state index is 5.77. The molecule has 1 aliphatic rings. The smallest absolute Gasteiger partial charge is 0.0784 e. The Morgan fingerprint density at radius 1 is 1.17 bits per heavy atom. The second kappa shape index (κ2) is 6.83. The van der Waals surface area contributed by atoms with Crippen molar-refractivity contribution >= 4 is 17.2 Å². The third kappa shape index (κ3) is 5.21. The van der Waals surface area contributed by atoms with Crippen LogP contribution in [-0.4, -0.2) is 54.1 Å². The summed E-state index contributed by atoms with van der Waals surface area (Å²) < 4.78 is 0. The molecule has 0 amide bonds. The number of hydrogen-bond acceptors (Lipinski definition) is 3. The highest BCUT2D eigenvalue weighted by Crippen LogP contribution is 2.21. The molecular formula is C14H29N3S. The van der Waals surface area contributed by atoms with Crippen LogP contribution in [0.4, 0.5) is 0 Å². The molecule has 2 N–H and O–H groups in total. The maximum Gasteiger partial charge on any atom is 0.0784 e. The van der Waals surface area contributed by atoms with Crippen molar-refractivity contribution in [2.24, 2.45) is 17.1 Å². The minimum atomic E-state index is -0.00952. The minimum absolute atomic E-state index is 0.00952. The molecule has 18 heavy (non-hydrogen) atoms. The van der Waals surface area contributed by atoms with E-state index in [-0.39, 0.29) is 5.41 Å². The number of hydrogen-bond donors (Lipinski definition) is 1. The Balaban J connectivity index is 2.26. The predicted octanol–water partition coefficient (Wildman–Crippen LogP) is 1.96. The van der Waals surface area contributed by atoms with Gasteiger partial charge in [0.25, 0.3) is 0 Å². The van der Waals surface area contributed by atoms with Gasteiger partial charge in [0.05, 0.1) is 4.99 Å². The Kier molecular flexibility index (Phi) is 6.02. The highest BCUT2D eigenvalue weighted by atomic mass is 32.1. The van der Waals surface area contributed by atoms with Crippen molar-refractivity contribution < 1.29 is 0 Å². The van der Waals surface area contributed by atoms with E-state index in [1.807, 2.05) is 0 Å². The van der Waals surface area contributed by atoms with Gasteiger partial charge in [0.1, 0.15) is 0 Å². The van der Waals surface area contributed by atoms with Crippen LogP contribution < -0.4 is 5.73 Å². The van der Waals surface area contributed by atoms with Crippen molar-refractivity contribution in [2.45, 2.75) is 34.1 Å². The van der Waals surface area contributed by atoms with Crippen LogP contribution in [0.5, 0.6) is 0 Å². The first-order valence-electron chi connectivity index (χ1n) is 7.06. The number of nitrogens with two attached hydrogens (primary N) is 1. The highest BCUT2D eigenvalue weighted by molar-refractivity contribution is 7.80.